The summed E-state index contributed by atoms with van der Waals surface area (Å²) in [6.07, 6.45) is 4.17. The van der Waals surface area contributed by atoms with Gasteiger partial charge in [-0.3, -0.25) is 4.79 Å². The molecule has 1 N–H and O–H groups in total. The first-order chi connectivity index (χ1) is 11.1. The molecule has 0 radical (unpaired) electrons. The number of carbonyl (C=O) groups excluding carboxylic acids is 1. The molecule has 0 atom stereocenters. The SMILES string of the molecule is O=C(Nc1cccc(S(=O)(=O)N2CCCCC2)c1)c1ccno1. The van der Waals surface area contributed by atoms with Crippen molar-refractivity contribution < 1.29 is 17.7 Å². The van der Waals surface area contributed by atoms with Gasteiger partial charge in [0.1, 0.15) is 0 Å². The normalized spacial score (nSPS) is 16.2. The molecule has 1 amide bonds. The number of carbonyl (C=O) groups is 1. The maximum absolute atomic E-state index is 12.6. The maximum atomic E-state index is 12.6. The van der Waals surface area contributed by atoms with Crippen LogP contribution >= 0.6 is 0 Å². The molecule has 1 aromatic carbocycles. The largest absolute Gasteiger partial charge is 0.351 e. The number of anilines is 1. The van der Waals surface area contributed by atoms with Gasteiger partial charge in [0.15, 0.2) is 0 Å². The Hall–Kier alpha value is -2.19. The highest BCUT2D eigenvalue weighted by Crippen LogP contribution is 2.23. The molecule has 1 fully saturated rings. The summed E-state index contributed by atoms with van der Waals surface area (Å²) in [6, 6.07) is 7.66. The van der Waals surface area contributed by atoms with Crippen molar-refractivity contribution in [2.45, 2.75) is 24.2 Å². The second-order valence-electron chi connectivity index (χ2n) is 5.32. The van der Waals surface area contributed by atoms with Crippen molar-refractivity contribution in [3.63, 3.8) is 0 Å². The van der Waals surface area contributed by atoms with Crippen LogP contribution in [0.5, 0.6) is 0 Å². The van der Waals surface area contributed by atoms with Crippen LogP contribution in [0.25, 0.3) is 0 Å². The molecular formula is C15H17N3O4S. The quantitative estimate of drug-likeness (QED) is 0.923. The van der Waals surface area contributed by atoms with Gasteiger partial charge in [-0.15, -0.1) is 0 Å². The Kier molecular flexibility index (Phi) is 4.44. The zero-order valence-corrected chi connectivity index (χ0v) is 13.3. The summed E-state index contributed by atoms with van der Waals surface area (Å²) in [5.74, 6) is -0.413. The van der Waals surface area contributed by atoms with Gasteiger partial charge in [-0.2, -0.15) is 4.31 Å². The molecule has 0 aliphatic carbocycles. The fraction of sp³-hybridized carbons (Fsp3) is 0.333. The molecule has 2 heterocycles. The van der Waals surface area contributed by atoms with Crippen molar-refractivity contribution in [3.8, 4) is 0 Å². The van der Waals surface area contributed by atoms with E-state index in [1.54, 1.807) is 12.1 Å². The van der Waals surface area contributed by atoms with Crippen LogP contribution in [0.4, 0.5) is 5.69 Å². The number of hydrogen-bond acceptors (Lipinski definition) is 5. The number of rotatable bonds is 4. The van der Waals surface area contributed by atoms with Crippen LogP contribution in [0.15, 0.2) is 45.9 Å². The topological polar surface area (TPSA) is 92.5 Å². The fourth-order valence-electron chi connectivity index (χ4n) is 2.51. The van der Waals surface area contributed by atoms with Crippen molar-refractivity contribution in [1.82, 2.24) is 9.46 Å². The van der Waals surface area contributed by atoms with Crippen molar-refractivity contribution in [3.05, 3.63) is 42.3 Å². The fourth-order valence-corrected chi connectivity index (χ4v) is 4.08. The Bertz CT molecular complexity index is 781. The minimum atomic E-state index is -3.53. The molecule has 7 nitrogen and oxygen atoms in total. The number of aromatic nitrogens is 1. The lowest BCUT2D eigenvalue weighted by atomic mass is 10.2. The van der Waals surface area contributed by atoms with Gasteiger partial charge in [0.2, 0.25) is 15.8 Å². The third kappa shape index (κ3) is 3.43. The molecule has 1 aromatic heterocycles. The zero-order chi connectivity index (χ0) is 16.3. The molecule has 0 bridgehead atoms. The zero-order valence-electron chi connectivity index (χ0n) is 12.4. The third-order valence-corrected chi connectivity index (χ3v) is 5.60. The van der Waals surface area contributed by atoms with Gasteiger partial charge >= 0.3 is 0 Å². The van der Waals surface area contributed by atoms with Gasteiger partial charge in [0.25, 0.3) is 5.91 Å². The van der Waals surface area contributed by atoms with Crippen LogP contribution in [0.1, 0.15) is 29.8 Å². The summed E-state index contributed by atoms with van der Waals surface area (Å²) in [5, 5.41) is 6.07. The molecule has 1 aliphatic heterocycles. The van der Waals surface area contributed by atoms with Crippen molar-refractivity contribution in [2.75, 3.05) is 18.4 Å². The molecule has 122 valence electrons. The first kappa shape index (κ1) is 15.7. The highest BCUT2D eigenvalue weighted by atomic mass is 32.2. The van der Waals surface area contributed by atoms with E-state index in [2.05, 4.69) is 10.5 Å². The monoisotopic (exact) mass is 335 g/mol. The molecule has 3 rings (SSSR count). The van der Waals surface area contributed by atoms with E-state index in [-0.39, 0.29) is 10.7 Å². The molecule has 2 aromatic rings. The summed E-state index contributed by atoms with van der Waals surface area (Å²) < 4.78 is 31.5. The van der Waals surface area contributed by atoms with E-state index in [9.17, 15) is 13.2 Å². The number of hydrogen-bond donors (Lipinski definition) is 1. The Labute approximate surface area is 134 Å². The standard InChI is InChI=1S/C15H17N3O4S/c19-15(14-7-8-16-22-14)17-12-5-4-6-13(11-12)23(20,21)18-9-2-1-3-10-18/h4-8,11H,1-3,9-10H2,(H,17,19). The number of piperidine rings is 1. The summed E-state index contributed by atoms with van der Waals surface area (Å²) in [7, 11) is -3.53. The van der Waals surface area contributed by atoms with E-state index in [4.69, 9.17) is 4.52 Å². The summed E-state index contributed by atoms with van der Waals surface area (Å²) in [4.78, 5) is 12.1. The second-order valence-corrected chi connectivity index (χ2v) is 7.26. The van der Waals surface area contributed by atoms with Gasteiger partial charge in [-0.25, -0.2) is 8.42 Å². The molecule has 23 heavy (non-hydrogen) atoms. The first-order valence-corrected chi connectivity index (χ1v) is 8.83. The minimum absolute atomic E-state index is 0.0642. The number of benzene rings is 1. The van der Waals surface area contributed by atoms with Crippen molar-refractivity contribution >= 4 is 21.6 Å². The van der Waals surface area contributed by atoms with Crippen molar-refractivity contribution in [1.29, 1.82) is 0 Å². The Morgan fingerprint density at radius 1 is 1.17 bits per heavy atom. The van der Waals surface area contributed by atoms with Gasteiger partial charge in [0.05, 0.1) is 11.1 Å². The van der Waals surface area contributed by atoms with E-state index < -0.39 is 15.9 Å². The lowest BCUT2D eigenvalue weighted by Gasteiger charge is -2.26. The van der Waals surface area contributed by atoms with Crippen LogP contribution < -0.4 is 5.32 Å². The van der Waals surface area contributed by atoms with E-state index in [1.165, 1.54) is 28.7 Å². The van der Waals surface area contributed by atoms with Gasteiger partial charge in [-0.1, -0.05) is 17.6 Å². The predicted octanol–water partition coefficient (Wildman–Crippen LogP) is 2.10. The highest BCUT2D eigenvalue weighted by Gasteiger charge is 2.26. The Morgan fingerprint density at radius 2 is 1.96 bits per heavy atom. The molecule has 0 saturated carbocycles. The first-order valence-electron chi connectivity index (χ1n) is 7.39. The van der Waals surface area contributed by atoms with Crippen LogP contribution in [0.2, 0.25) is 0 Å². The number of sulfonamides is 1. The summed E-state index contributed by atoms with van der Waals surface area (Å²) in [6.45, 7) is 1.08. The smallest absolute Gasteiger partial charge is 0.294 e. The molecule has 0 unspecified atom stereocenters. The lowest BCUT2D eigenvalue weighted by molar-refractivity contribution is 0.0988. The number of nitrogens with zero attached hydrogens (tertiary/aromatic N) is 2. The van der Waals surface area contributed by atoms with Gasteiger partial charge in [0, 0.05) is 24.8 Å². The third-order valence-electron chi connectivity index (χ3n) is 3.71. The van der Waals surface area contributed by atoms with E-state index >= 15 is 0 Å². The number of nitrogens with one attached hydrogen (secondary N) is 1. The lowest BCUT2D eigenvalue weighted by Crippen LogP contribution is -2.35. The second kappa shape index (κ2) is 6.51. The van der Waals surface area contributed by atoms with Gasteiger partial charge < -0.3 is 9.84 Å². The molecule has 0 spiro atoms. The molecule has 8 heteroatoms. The minimum Gasteiger partial charge on any atom is -0.351 e. The highest BCUT2D eigenvalue weighted by molar-refractivity contribution is 7.89. The molecule has 1 saturated heterocycles. The molecular weight excluding hydrogens is 318 g/mol. The Balaban J connectivity index is 1.80. The van der Waals surface area contributed by atoms with E-state index in [0.29, 0.717) is 18.8 Å². The van der Waals surface area contributed by atoms with Gasteiger partial charge in [-0.05, 0) is 31.0 Å². The van der Waals surface area contributed by atoms with Crippen LogP contribution in [0.3, 0.4) is 0 Å². The van der Waals surface area contributed by atoms with Crippen LogP contribution in [0, 0.1) is 0 Å². The summed E-state index contributed by atoms with van der Waals surface area (Å²) >= 11 is 0. The van der Waals surface area contributed by atoms with E-state index in [1.807, 2.05) is 0 Å². The predicted molar refractivity (Wildman–Crippen MR) is 83.5 cm³/mol. The molecule has 1 aliphatic rings. The average Bonchev–Trinajstić information content (AvgIpc) is 3.10. The summed E-state index contributed by atoms with van der Waals surface area (Å²) in [5.41, 5.74) is 0.393. The Morgan fingerprint density at radius 3 is 2.65 bits per heavy atom. The average molecular weight is 335 g/mol. The maximum Gasteiger partial charge on any atom is 0.294 e. The number of amides is 1. The van der Waals surface area contributed by atoms with Crippen LogP contribution in [-0.4, -0.2) is 36.9 Å². The van der Waals surface area contributed by atoms with Crippen LogP contribution in [-0.2, 0) is 10.0 Å². The van der Waals surface area contributed by atoms with Crippen molar-refractivity contribution in [2.24, 2.45) is 0 Å². The van der Waals surface area contributed by atoms with E-state index in [0.717, 1.165) is 19.3 Å².